The number of aliphatic hydroxyl groups is 1. The molecular weight excluding hydrogens is 261 g/mol. The highest BCUT2D eigenvalue weighted by molar-refractivity contribution is 7.99. The average molecular weight is 283 g/mol. The summed E-state index contributed by atoms with van der Waals surface area (Å²) in [5, 5.41) is 13.6. The second kappa shape index (κ2) is 6.73. The molecule has 1 heterocycles. The fraction of sp³-hybridized carbons (Fsp3) is 0.600. The molecule has 4 heteroatoms. The van der Waals surface area contributed by atoms with Crippen molar-refractivity contribution in [1.82, 2.24) is 5.32 Å². The number of thioether (sulfide) groups is 1. The first-order chi connectivity index (χ1) is 9.09. The highest BCUT2D eigenvalue weighted by Gasteiger charge is 2.31. The number of hydrogen-bond acceptors (Lipinski definition) is 3. The Bertz CT molecular complexity index is 407. The number of aryl methyl sites for hydroxylation is 1. The van der Waals surface area contributed by atoms with E-state index in [4.69, 9.17) is 0 Å². The van der Waals surface area contributed by atoms with Gasteiger partial charge in [0, 0.05) is 18.3 Å². The van der Waals surface area contributed by atoms with E-state index in [-0.39, 0.29) is 11.9 Å². The van der Waals surface area contributed by atoms with Crippen molar-refractivity contribution in [2.75, 3.05) is 18.1 Å². The van der Waals surface area contributed by atoms with Gasteiger partial charge in [-0.05, 0) is 43.6 Å². The van der Waals surface area contributed by atoms with Crippen LogP contribution in [0.4, 0.5) is 4.39 Å². The minimum Gasteiger partial charge on any atom is -0.388 e. The third-order valence-corrected chi connectivity index (χ3v) is 4.90. The van der Waals surface area contributed by atoms with Gasteiger partial charge in [0.1, 0.15) is 5.82 Å². The van der Waals surface area contributed by atoms with Gasteiger partial charge in [0.2, 0.25) is 0 Å². The van der Waals surface area contributed by atoms with Gasteiger partial charge in [-0.1, -0.05) is 18.2 Å². The molecule has 2 nitrogen and oxygen atoms in total. The number of rotatable bonds is 6. The Morgan fingerprint density at radius 3 is 2.95 bits per heavy atom. The monoisotopic (exact) mass is 283 g/mol. The van der Waals surface area contributed by atoms with Crippen molar-refractivity contribution in [3.8, 4) is 0 Å². The maximum atomic E-state index is 13.5. The van der Waals surface area contributed by atoms with Gasteiger partial charge in [0.15, 0.2) is 0 Å². The minimum atomic E-state index is -0.545. The summed E-state index contributed by atoms with van der Waals surface area (Å²) in [4.78, 5) is 0. The van der Waals surface area contributed by atoms with Crippen LogP contribution >= 0.6 is 11.8 Å². The van der Waals surface area contributed by atoms with Crippen LogP contribution in [0.1, 0.15) is 25.3 Å². The molecule has 2 N–H and O–H groups in total. The highest BCUT2D eigenvalue weighted by atomic mass is 32.2. The van der Waals surface area contributed by atoms with Gasteiger partial charge in [-0.3, -0.25) is 0 Å². The number of halogens is 1. The molecule has 2 atom stereocenters. The fourth-order valence-electron chi connectivity index (χ4n) is 2.28. The minimum absolute atomic E-state index is 0.125. The Labute approximate surface area is 118 Å². The van der Waals surface area contributed by atoms with Gasteiger partial charge in [-0.15, -0.1) is 0 Å². The number of benzene rings is 1. The van der Waals surface area contributed by atoms with Gasteiger partial charge >= 0.3 is 0 Å². The van der Waals surface area contributed by atoms with Crippen LogP contribution in [0, 0.1) is 5.82 Å². The number of hydrogen-bond donors (Lipinski definition) is 2. The Morgan fingerprint density at radius 2 is 2.26 bits per heavy atom. The van der Waals surface area contributed by atoms with Crippen LogP contribution in [0.5, 0.6) is 0 Å². The van der Waals surface area contributed by atoms with Gasteiger partial charge in [0.05, 0.1) is 5.60 Å². The Hall–Kier alpha value is -0.580. The summed E-state index contributed by atoms with van der Waals surface area (Å²) in [6.07, 6.45) is 2.48. The first kappa shape index (κ1) is 14.8. The molecule has 106 valence electrons. The zero-order valence-corrected chi connectivity index (χ0v) is 12.2. The molecule has 1 aromatic rings. The fourth-order valence-corrected chi connectivity index (χ4v) is 3.57. The zero-order chi connectivity index (χ0) is 13.7. The predicted molar refractivity (Wildman–Crippen MR) is 79.1 cm³/mol. The van der Waals surface area contributed by atoms with Gasteiger partial charge in [0.25, 0.3) is 0 Å². The van der Waals surface area contributed by atoms with Crippen molar-refractivity contribution >= 4 is 11.8 Å². The summed E-state index contributed by atoms with van der Waals surface area (Å²) >= 11 is 1.81. The topological polar surface area (TPSA) is 32.3 Å². The molecular formula is C15H22FNOS. The first-order valence-electron chi connectivity index (χ1n) is 6.86. The summed E-state index contributed by atoms with van der Waals surface area (Å²) in [5.41, 5.74) is 0.225. The second-order valence-electron chi connectivity index (χ2n) is 5.44. The highest BCUT2D eigenvalue weighted by Crippen LogP contribution is 2.27. The predicted octanol–water partition coefficient (Wildman–Crippen LogP) is 2.60. The van der Waals surface area contributed by atoms with E-state index >= 15 is 0 Å². The van der Waals surface area contributed by atoms with Crippen LogP contribution in [-0.4, -0.2) is 34.8 Å². The smallest absolute Gasteiger partial charge is 0.126 e. The molecule has 19 heavy (non-hydrogen) atoms. The lowest BCUT2D eigenvalue weighted by Gasteiger charge is -2.24. The van der Waals surface area contributed by atoms with Crippen molar-refractivity contribution in [2.45, 2.75) is 37.8 Å². The molecule has 1 aliphatic heterocycles. The van der Waals surface area contributed by atoms with E-state index in [0.717, 1.165) is 36.3 Å². The van der Waals surface area contributed by atoms with Crippen molar-refractivity contribution in [1.29, 1.82) is 0 Å². The molecule has 0 amide bonds. The molecule has 0 bridgehead atoms. The van der Waals surface area contributed by atoms with E-state index in [9.17, 15) is 9.50 Å². The molecule has 2 rings (SSSR count). The molecule has 1 aliphatic rings. The molecule has 0 radical (unpaired) electrons. The van der Waals surface area contributed by atoms with Crippen molar-refractivity contribution < 1.29 is 9.50 Å². The summed E-state index contributed by atoms with van der Waals surface area (Å²) < 4.78 is 13.5. The van der Waals surface area contributed by atoms with Crippen LogP contribution in [0.15, 0.2) is 24.3 Å². The lowest BCUT2D eigenvalue weighted by Crippen LogP contribution is -2.43. The summed E-state index contributed by atoms with van der Waals surface area (Å²) in [6.45, 7) is 2.73. The van der Waals surface area contributed by atoms with E-state index in [1.54, 1.807) is 17.8 Å². The lowest BCUT2D eigenvalue weighted by atomic mass is 10.0. The quantitative estimate of drug-likeness (QED) is 0.842. The van der Waals surface area contributed by atoms with E-state index in [1.807, 2.05) is 12.1 Å². The number of nitrogens with one attached hydrogen (secondary N) is 1. The molecule has 2 unspecified atom stereocenters. The van der Waals surface area contributed by atoms with E-state index in [1.165, 1.54) is 6.07 Å². The van der Waals surface area contributed by atoms with Crippen LogP contribution in [0.2, 0.25) is 0 Å². The van der Waals surface area contributed by atoms with Crippen molar-refractivity contribution in [3.63, 3.8) is 0 Å². The van der Waals surface area contributed by atoms with E-state index in [0.29, 0.717) is 6.54 Å². The SMILES string of the molecule is CC(CCc1ccccc1F)NCC1(O)CCSC1. The van der Waals surface area contributed by atoms with Crippen molar-refractivity contribution in [2.24, 2.45) is 0 Å². The molecule has 0 spiro atoms. The molecule has 0 saturated carbocycles. The second-order valence-corrected chi connectivity index (χ2v) is 6.54. The van der Waals surface area contributed by atoms with Gasteiger partial charge in [-0.2, -0.15) is 11.8 Å². The Morgan fingerprint density at radius 1 is 1.47 bits per heavy atom. The third kappa shape index (κ3) is 4.48. The van der Waals surface area contributed by atoms with Crippen LogP contribution in [0.25, 0.3) is 0 Å². The summed E-state index contributed by atoms with van der Waals surface area (Å²) in [7, 11) is 0. The van der Waals surface area contributed by atoms with E-state index < -0.39 is 5.60 Å². The van der Waals surface area contributed by atoms with E-state index in [2.05, 4.69) is 12.2 Å². The normalized spacial score (nSPS) is 24.6. The van der Waals surface area contributed by atoms with Gasteiger partial charge < -0.3 is 10.4 Å². The van der Waals surface area contributed by atoms with Crippen LogP contribution in [-0.2, 0) is 6.42 Å². The first-order valence-corrected chi connectivity index (χ1v) is 8.01. The standard InChI is InChI=1S/C15H22FNOS/c1-12(17-10-15(18)8-9-19-11-15)6-7-13-4-2-3-5-14(13)16/h2-5,12,17-18H,6-11H2,1H3. The van der Waals surface area contributed by atoms with Crippen LogP contribution in [0.3, 0.4) is 0 Å². The molecule has 1 saturated heterocycles. The lowest BCUT2D eigenvalue weighted by molar-refractivity contribution is 0.0648. The van der Waals surface area contributed by atoms with Crippen molar-refractivity contribution in [3.05, 3.63) is 35.6 Å². The third-order valence-electron chi connectivity index (χ3n) is 3.67. The molecule has 0 aromatic heterocycles. The summed E-state index contributed by atoms with van der Waals surface area (Å²) in [6, 6.07) is 7.21. The molecule has 0 aliphatic carbocycles. The average Bonchev–Trinajstić information content (AvgIpc) is 2.83. The molecule has 1 fully saturated rings. The van der Waals surface area contributed by atoms with Gasteiger partial charge in [-0.25, -0.2) is 4.39 Å². The maximum Gasteiger partial charge on any atom is 0.126 e. The Kier molecular flexibility index (Phi) is 5.25. The van der Waals surface area contributed by atoms with Crippen LogP contribution < -0.4 is 5.32 Å². The summed E-state index contributed by atoms with van der Waals surface area (Å²) in [5.74, 6) is 1.74. The molecule has 1 aromatic carbocycles. The largest absolute Gasteiger partial charge is 0.388 e. The maximum absolute atomic E-state index is 13.5. The zero-order valence-electron chi connectivity index (χ0n) is 11.4. The Balaban J connectivity index is 1.73.